The van der Waals surface area contributed by atoms with Crippen LogP contribution in [-0.2, 0) is 19.1 Å². The van der Waals surface area contributed by atoms with Crippen LogP contribution in [0.3, 0.4) is 0 Å². The summed E-state index contributed by atoms with van der Waals surface area (Å²) in [6, 6.07) is 0.0984. The van der Waals surface area contributed by atoms with E-state index in [0.717, 1.165) is 0 Å². The van der Waals surface area contributed by atoms with Gasteiger partial charge in [0.2, 0.25) is 5.91 Å². The van der Waals surface area contributed by atoms with Gasteiger partial charge < -0.3 is 14.4 Å². The van der Waals surface area contributed by atoms with Gasteiger partial charge in [-0.3, -0.25) is 9.59 Å². The minimum Gasteiger partial charge on any atom is -0.460 e. The molecule has 0 aromatic rings. The van der Waals surface area contributed by atoms with E-state index in [1.54, 1.807) is 12.0 Å². The highest BCUT2D eigenvalue weighted by molar-refractivity contribution is 5.81. The Balaban J connectivity index is 4.22. The summed E-state index contributed by atoms with van der Waals surface area (Å²) in [4.78, 5) is 25.3. The third kappa shape index (κ3) is 8.59. The maximum atomic E-state index is 12.0. The second-order valence-corrected chi connectivity index (χ2v) is 5.76. The number of amides is 1. The van der Waals surface area contributed by atoms with Crippen LogP contribution in [0, 0.1) is 0 Å². The average molecular weight is 273 g/mol. The van der Waals surface area contributed by atoms with Crippen molar-refractivity contribution < 1.29 is 19.1 Å². The molecule has 0 aromatic heterocycles. The van der Waals surface area contributed by atoms with Crippen LogP contribution in [0.5, 0.6) is 0 Å². The van der Waals surface area contributed by atoms with E-state index >= 15 is 0 Å². The first-order chi connectivity index (χ1) is 8.67. The normalized spacial score (nSPS) is 11.5. The Labute approximate surface area is 116 Å². The van der Waals surface area contributed by atoms with Gasteiger partial charge in [0.05, 0.1) is 13.0 Å². The molecule has 5 heteroatoms. The molecule has 0 unspecified atom stereocenters. The molecular weight excluding hydrogens is 246 g/mol. The van der Waals surface area contributed by atoms with Gasteiger partial charge in [-0.1, -0.05) is 0 Å². The molecule has 0 heterocycles. The van der Waals surface area contributed by atoms with Crippen LogP contribution in [-0.4, -0.2) is 48.7 Å². The number of hydrogen-bond acceptors (Lipinski definition) is 4. The highest BCUT2D eigenvalue weighted by atomic mass is 16.6. The van der Waals surface area contributed by atoms with Crippen molar-refractivity contribution in [3.63, 3.8) is 0 Å². The number of carbonyl (C=O) groups is 2. The van der Waals surface area contributed by atoms with Gasteiger partial charge in [-0.2, -0.15) is 0 Å². The monoisotopic (exact) mass is 273 g/mol. The number of carbonyl (C=O) groups excluding carboxylic acids is 2. The molecule has 0 atom stereocenters. The first kappa shape index (κ1) is 17.9. The first-order valence-electron chi connectivity index (χ1n) is 6.67. The third-order valence-corrected chi connectivity index (χ3v) is 2.44. The van der Waals surface area contributed by atoms with Crippen LogP contribution >= 0.6 is 0 Å². The lowest BCUT2D eigenvalue weighted by atomic mass is 10.2. The fraction of sp³-hybridized carbons (Fsp3) is 0.857. The molecule has 0 aliphatic carbocycles. The second-order valence-electron chi connectivity index (χ2n) is 5.76. The summed E-state index contributed by atoms with van der Waals surface area (Å²) in [6.07, 6.45) is 0.295. The molecule has 0 fully saturated rings. The fourth-order valence-electron chi connectivity index (χ4n) is 1.61. The van der Waals surface area contributed by atoms with Crippen molar-refractivity contribution in [1.82, 2.24) is 4.90 Å². The van der Waals surface area contributed by atoms with Gasteiger partial charge in [0, 0.05) is 26.1 Å². The maximum Gasteiger partial charge on any atom is 0.306 e. The largest absolute Gasteiger partial charge is 0.460 e. The predicted molar refractivity (Wildman–Crippen MR) is 73.8 cm³/mol. The van der Waals surface area contributed by atoms with E-state index in [4.69, 9.17) is 9.47 Å². The standard InChI is InChI=1S/C14H27NO4/c1-11(2)15(9-10-18-6)12(16)7-8-13(17)19-14(3,4)5/h11H,7-10H2,1-6H3. The van der Waals surface area contributed by atoms with Crippen molar-refractivity contribution in [2.75, 3.05) is 20.3 Å². The fourth-order valence-corrected chi connectivity index (χ4v) is 1.61. The summed E-state index contributed by atoms with van der Waals surface area (Å²) >= 11 is 0. The van der Waals surface area contributed by atoms with Gasteiger partial charge in [-0.25, -0.2) is 0 Å². The van der Waals surface area contributed by atoms with E-state index in [9.17, 15) is 9.59 Å². The van der Waals surface area contributed by atoms with Gasteiger partial charge in [-0.05, 0) is 34.6 Å². The summed E-state index contributed by atoms with van der Waals surface area (Å²) in [6.45, 7) is 10.4. The molecule has 0 bridgehead atoms. The minimum absolute atomic E-state index is 0.0436. The number of rotatable bonds is 7. The summed E-state index contributed by atoms with van der Waals surface area (Å²) in [5, 5.41) is 0. The lowest BCUT2D eigenvalue weighted by Gasteiger charge is -2.26. The molecule has 5 nitrogen and oxygen atoms in total. The van der Waals surface area contributed by atoms with E-state index in [1.807, 2.05) is 34.6 Å². The SMILES string of the molecule is COCCN(C(=O)CCC(=O)OC(C)(C)C)C(C)C. The molecule has 0 N–H and O–H groups in total. The minimum atomic E-state index is -0.506. The van der Waals surface area contributed by atoms with Crippen molar-refractivity contribution in [1.29, 1.82) is 0 Å². The van der Waals surface area contributed by atoms with Crippen LogP contribution < -0.4 is 0 Å². The molecule has 1 amide bonds. The average Bonchev–Trinajstić information content (AvgIpc) is 2.24. The molecule has 0 saturated carbocycles. The zero-order valence-corrected chi connectivity index (χ0v) is 13.0. The van der Waals surface area contributed by atoms with Crippen molar-refractivity contribution in [2.24, 2.45) is 0 Å². The Kier molecular flexibility index (Phi) is 7.68. The Morgan fingerprint density at radius 1 is 1.16 bits per heavy atom. The molecule has 112 valence electrons. The Bertz CT molecular complexity index is 294. The van der Waals surface area contributed by atoms with Crippen molar-refractivity contribution in [2.45, 2.75) is 59.1 Å². The van der Waals surface area contributed by atoms with Crippen LogP contribution in [0.25, 0.3) is 0 Å². The molecular formula is C14H27NO4. The molecule has 0 aliphatic heterocycles. The molecule has 0 rings (SSSR count). The Morgan fingerprint density at radius 3 is 2.16 bits per heavy atom. The summed E-state index contributed by atoms with van der Waals surface area (Å²) in [7, 11) is 1.60. The molecule has 0 saturated heterocycles. The lowest BCUT2D eigenvalue weighted by molar-refractivity contribution is -0.156. The van der Waals surface area contributed by atoms with Crippen LogP contribution in [0.4, 0.5) is 0 Å². The van der Waals surface area contributed by atoms with Crippen LogP contribution in [0.15, 0.2) is 0 Å². The number of ether oxygens (including phenoxy) is 2. The van der Waals surface area contributed by atoms with E-state index in [2.05, 4.69) is 0 Å². The third-order valence-electron chi connectivity index (χ3n) is 2.44. The van der Waals surface area contributed by atoms with Gasteiger partial charge in [-0.15, -0.1) is 0 Å². The van der Waals surface area contributed by atoms with E-state index < -0.39 is 5.60 Å². The van der Waals surface area contributed by atoms with Crippen LogP contribution in [0.2, 0.25) is 0 Å². The maximum absolute atomic E-state index is 12.0. The zero-order valence-electron chi connectivity index (χ0n) is 13.0. The van der Waals surface area contributed by atoms with Gasteiger partial charge in [0.1, 0.15) is 5.60 Å². The molecule has 0 spiro atoms. The highest BCUT2D eigenvalue weighted by Gasteiger charge is 2.20. The van der Waals surface area contributed by atoms with E-state index in [1.165, 1.54) is 0 Å². The molecule has 0 aromatic carbocycles. The van der Waals surface area contributed by atoms with Crippen molar-refractivity contribution in [3.8, 4) is 0 Å². The molecule has 19 heavy (non-hydrogen) atoms. The molecule has 0 aliphatic rings. The lowest BCUT2D eigenvalue weighted by Crippen LogP contribution is -2.39. The molecule has 0 radical (unpaired) electrons. The van der Waals surface area contributed by atoms with E-state index in [0.29, 0.717) is 13.2 Å². The highest BCUT2D eigenvalue weighted by Crippen LogP contribution is 2.10. The first-order valence-corrected chi connectivity index (χ1v) is 6.67. The predicted octanol–water partition coefficient (Wildman–Crippen LogP) is 1.99. The summed E-state index contributed by atoms with van der Waals surface area (Å²) < 4.78 is 10.2. The van der Waals surface area contributed by atoms with Crippen molar-refractivity contribution in [3.05, 3.63) is 0 Å². The Morgan fingerprint density at radius 2 is 1.74 bits per heavy atom. The van der Waals surface area contributed by atoms with Gasteiger partial charge in [0.25, 0.3) is 0 Å². The zero-order chi connectivity index (χ0) is 15.1. The van der Waals surface area contributed by atoms with Crippen molar-refractivity contribution >= 4 is 11.9 Å². The van der Waals surface area contributed by atoms with Gasteiger partial charge >= 0.3 is 5.97 Å². The number of hydrogen-bond donors (Lipinski definition) is 0. The quantitative estimate of drug-likeness (QED) is 0.666. The van der Waals surface area contributed by atoms with Crippen LogP contribution in [0.1, 0.15) is 47.5 Å². The summed E-state index contributed by atoms with van der Waals surface area (Å²) in [5.41, 5.74) is -0.506. The van der Waals surface area contributed by atoms with E-state index in [-0.39, 0.29) is 30.8 Å². The number of methoxy groups -OCH3 is 1. The summed E-state index contributed by atoms with van der Waals surface area (Å²) in [5.74, 6) is -0.380. The number of esters is 1. The van der Waals surface area contributed by atoms with Gasteiger partial charge in [0.15, 0.2) is 0 Å². The second kappa shape index (κ2) is 8.15. The smallest absolute Gasteiger partial charge is 0.306 e. The Hall–Kier alpha value is -1.10. The topological polar surface area (TPSA) is 55.8 Å². The number of nitrogens with zero attached hydrogens (tertiary/aromatic N) is 1.